The van der Waals surface area contributed by atoms with Gasteiger partial charge in [0.2, 0.25) is 23.6 Å². The third kappa shape index (κ3) is 23.4. The van der Waals surface area contributed by atoms with Crippen molar-refractivity contribution in [1.82, 2.24) is 74.6 Å². The van der Waals surface area contributed by atoms with Crippen molar-refractivity contribution in [2.75, 3.05) is 115 Å². The standard InChI is InChI=1S/C94H123N19O17/c1-57-14-9-8-10-15-58(2)75(125-6)46-70-16-13-25-94(124,130-70)84(119)89(121)112-27-12-11-17-72(112)90(122)128-76(47-73(114)59(3)41-61(5)82(117)83(118)81(116)60(4)40-57)71(95)43-62-19-21-74(77(44-62)126-7)129-93(123)103-50-64-48-99-91(100-49-64)110-35-33-108(34-36-110)78(115)24-38-127-39-37-107-29-31-109(32-30-107)92-101-52-69(53-102-92)88(120)111-28-23-65-42-63(18-20-67(65)55-111)54-113-87-79(85(96)104-56-105-87)80(106-113)68-45-66-22-26-97-86(66)98-51-68/h8-10,14-15,18,20,22,26,41-42,45,48-49,51-53,56-57,59-60,62,70-72,74-77,82-83,117-118,124H,11-13,16-17,19,21,23-25,27-40,43-44,46-47,50,54-55,95H2,1-7H3,(H,97,98)(H,103,123)(H2,96,104,105)/b10-8+,14-9+,58-15+,61-41+/t57-,59-,60-,62+,70+,71-,72+,74-,75+,76+,77-,82-,83+,94-/m1/s1. The number of anilines is 3. The molecule has 1 aromatic carbocycles. The maximum absolute atomic E-state index is 14.7. The fraction of sp³-hybridized carbons (Fsp3) is 0.553. The molecule has 0 unspecified atom stereocenters. The van der Waals surface area contributed by atoms with Crippen molar-refractivity contribution in [2.45, 2.75) is 211 Å². The van der Waals surface area contributed by atoms with E-state index >= 15 is 0 Å². The topological polar surface area (TPSA) is 460 Å². The van der Waals surface area contributed by atoms with Crippen LogP contribution in [0.25, 0.3) is 33.3 Å². The van der Waals surface area contributed by atoms with Gasteiger partial charge in [0.1, 0.15) is 59.7 Å². The quantitative estimate of drug-likeness (QED) is 0.0177. The number of aliphatic hydroxyl groups is 3. The number of piperidine rings is 1. The summed E-state index contributed by atoms with van der Waals surface area (Å²) < 4.78 is 37.9. The lowest BCUT2D eigenvalue weighted by Gasteiger charge is -2.40. The molecule has 130 heavy (non-hydrogen) atoms. The number of fused-ring (bicyclic) bond motifs is 6. The number of nitrogens with two attached hydrogens (primary N) is 2. The van der Waals surface area contributed by atoms with E-state index in [0.717, 1.165) is 51.3 Å². The zero-order chi connectivity index (χ0) is 91.9. The number of carbonyl (C=O) groups excluding carboxylic acids is 8. The van der Waals surface area contributed by atoms with Crippen molar-refractivity contribution in [3.05, 3.63) is 149 Å². The van der Waals surface area contributed by atoms with E-state index in [1.807, 2.05) is 81.9 Å². The average Bonchev–Trinajstić information content (AvgIpc) is 1.62. The smallest absolute Gasteiger partial charge is 0.407 e. The highest BCUT2D eigenvalue weighted by molar-refractivity contribution is 6.39. The number of esters is 1. The second kappa shape index (κ2) is 43.7. The van der Waals surface area contributed by atoms with E-state index in [1.165, 1.54) is 32.0 Å². The maximum atomic E-state index is 14.7. The van der Waals surface area contributed by atoms with Crippen molar-refractivity contribution < 1.29 is 82.1 Å². The van der Waals surface area contributed by atoms with Crippen LogP contribution in [0.5, 0.6) is 0 Å². The lowest BCUT2D eigenvalue weighted by molar-refractivity contribution is -0.245. The first-order valence-corrected chi connectivity index (χ1v) is 45.5. The monoisotopic (exact) mass is 1790 g/mol. The van der Waals surface area contributed by atoms with Crippen LogP contribution in [0.2, 0.25) is 0 Å². The fourth-order valence-corrected chi connectivity index (χ4v) is 18.7. The number of hydrogen-bond acceptors (Lipinski definition) is 30. The molecule has 6 aromatic heterocycles. The van der Waals surface area contributed by atoms with Gasteiger partial charge >= 0.3 is 12.1 Å². The van der Waals surface area contributed by atoms with Gasteiger partial charge in [0, 0.05) is 190 Å². The second-order valence-corrected chi connectivity index (χ2v) is 35.7. The summed E-state index contributed by atoms with van der Waals surface area (Å²) in [5.41, 5.74) is 21.7. The summed E-state index contributed by atoms with van der Waals surface area (Å²) in [5, 5.41) is 43.8. The molecule has 6 aliphatic heterocycles. The highest BCUT2D eigenvalue weighted by atomic mass is 16.6. The number of H-pyrrole nitrogens is 1. The first-order valence-electron chi connectivity index (χ1n) is 45.5. The Morgan fingerprint density at radius 1 is 0.738 bits per heavy atom. The normalized spacial score (nSPS) is 27.6. The first-order chi connectivity index (χ1) is 62.7. The number of piperazine rings is 2. The number of carbonyl (C=O) groups is 8. The molecule has 0 radical (unpaired) electrons. The van der Waals surface area contributed by atoms with Gasteiger partial charge in [0.25, 0.3) is 17.6 Å². The van der Waals surface area contributed by atoms with Crippen molar-refractivity contribution in [3.63, 3.8) is 0 Å². The minimum Gasteiger partial charge on any atom is -0.459 e. The number of methoxy groups -OCH3 is 2. The predicted octanol–water partition coefficient (Wildman–Crippen LogP) is 6.88. The molecule has 696 valence electrons. The van der Waals surface area contributed by atoms with Gasteiger partial charge in [0.15, 0.2) is 11.4 Å². The number of ketones is 3. The van der Waals surface area contributed by atoms with E-state index in [-0.39, 0.29) is 74.4 Å². The van der Waals surface area contributed by atoms with Gasteiger partial charge in [-0.3, -0.25) is 33.7 Å². The Morgan fingerprint density at radius 3 is 2.25 bits per heavy atom. The number of allylic oxidation sites excluding steroid dienone is 6. The number of pyridine rings is 1. The number of nitrogens with one attached hydrogen (secondary N) is 2. The number of ether oxygens (including phenoxy) is 6. The Kier molecular flexibility index (Phi) is 31.9. The number of aromatic nitrogens is 10. The SMILES string of the molecule is CO[C@H]1C[C@@H]2CCC[C@@](O)(O2)C(=O)C(=O)N2CCCC[C@H]2C(=O)O[C@H]([C@H](N)C[C@@H]2CC[C@@H](OC(=O)NCc3cnc(N4CCN(C(=O)CCOCCN5CCN(c6ncc(C(=O)N7CCc8cc(Cn9nc(-c%10cnc%11[nH]ccc%11c%10)c%10c(N)ncnc%109)ccc8C7)cn6)CC5)CC4)nc3)[C@H](OC)C2)CC(=O)[C@H](C)/C=C(\C)[C@@H](O)[C@@H](O)C(=O)[C@H](C)C[C@H](C)/C=C/C=C/C=C/1C. The summed E-state index contributed by atoms with van der Waals surface area (Å²) in [6.45, 7) is 16.6. The molecule has 4 saturated heterocycles. The number of aromatic amines is 1. The molecular formula is C94H123N19O17. The van der Waals surface area contributed by atoms with Crippen LogP contribution in [0.4, 0.5) is 22.5 Å². The molecule has 2 bridgehead atoms. The van der Waals surface area contributed by atoms with Crippen LogP contribution < -0.4 is 26.6 Å². The number of Topliss-reactive ketones (excluding diaryl/α,β-unsaturated/α-hetero) is 3. The van der Waals surface area contributed by atoms with E-state index in [9.17, 15) is 53.7 Å². The van der Waals surface area contributed by atoms with Crippen molar-refractivity contribution in [3.8, 4) is 11.3 Å². The Labute approximate surface area is 756 Å². The molecule has 12 heterocycles. The number of benzene rings is 1. The number of aliphatic hydroxyl groups excluding tert-OH is 2. The van der Waals surface area contributed by atoms with E-state index in [1.54, 1.807) is 51.9 Å². The molecule has 0 spiro atoms. The number of hydrogen-bond donors (Lipinski definition) is 7. The molecule has 7 aromatic rings. The summed E-state index contributed by atoms with van der Waals surface area (Å²) in [6.07, 6.45) is 19.0. The lowest BCUT2D eigenvalue weighted by atomic mass is 9.80. The van der Waals surface area contributed by atoms with Crippen LogP contribution in [-0.4, -0.2) is 292 Å². The van der Waals surface area contributed by atoms with Gasteiger partial charge in [-0.2, -0.15) is 5.10 Å². The summed E-state index contributed by atoms with van der Waals surface area (Å²) in [5.74, 6) is -7.24. The highest BCUT2D eigenvalue weighted by Gasteiger charge is 2.50. The summed E-state index contributed by atoms with van der Waals surface area (Å²) >= 11 is 0. The van der Waals surface area contributed by atoms with Crippen LogP contribution in [0.3, 0.4) is 0 Å². The zero-order valence-electron chi connectivity index (χ0n) is 75.2. The summed E-state index contributed by atoms with van der Waals surface area (Å²) in [7, 11) is 3.06. The van der Waals surface area contributed by atoms with Gasteiger partial charge in [-0.1, -0.05) is 75.4 Å². The number of alkyl carbamates (subject to hydrolysis) is 1. The van der Waals surface area contributed by atoms with Crippen molar-refractivity contribution in [2.24, 2.45) is 29.4 Å². The Balaban J connectivity index is 0.494. The molecule has 1 aliphatic carbocycles. The lowest BCUT2D eigenvalue weighted by Crippen LogP contribution is -2.58. The number of rotatable bonds is 20. The molecule has 5 fully saturated rings. The molecule has 14 atom stereocenters. The molecule has 36 nitrogen and oxygen atoms in total. The van der Waals surface area contributed by atoms with Crippen molar-refractivity contribution >= 4 is 86.9 Å². The van der Waals surface area contributed by atoms with E-state index in [2.05, 4.69) is 73.2 Å². The largest absolute Gasteiger partial charge is 0.459 e. The minimum absolute atomic E-state index is 0.00298. The maximum Gasteiger partial charge on any atom is 0.407 e. The second-order valence-electron chi connectivity index (χ2n) is 35.7. The molecule has 1 saturated carbocycles. The van der Waals surface area contributed by atoms with Crippen LogP contribution in [0, 0.1) is 23.7 Å². The van der Waals surface area contributed by atoms with Gasteiger partial charge in [0.05, 0.1) is 55.4 Å². The van der Waals surface area contributed by atoms with Gasteiger partial charge in [-0.25, -0.2) is 49.2 Å². The fourth-order valence-electron chi connectivity index (χ4n) is 18.7. The van der Waals surface area contributed by atoms with Crippen LogP contribution in [-0.2, 0) is 83.2 Å². The Morgan fingerprint density at radius 2 is 1.49 bits per heavy atom. The number of nitrogen functional groups attached to an aromatic ring is 1. The van der Waals surface area contributed by atoms with Crippen LogP contribution in [0.1, 0.15) is 157 Å². The van der Waals surface area contributed by atoms with E-state index in [4.69, 9.17) is 45.0 Å². The van der Waals surface area contributed by atoms with Crippen LogP contribution in [0.15, 0.2) is 121 Å². The third-order valence-corrected chi connectivity index (χ3v) is 26.5. The predicted molar refractivity (Wildman–Crippen MR) is 481 cm³/mol. The highest BCUT2D eigenvalue weighted by Crippen LogP contribution is 2.38. The molecular weight excluding hydrogens is 1670 g/mol. The molecule has 14 rings (SSSR count). The summed E-state index contributed by atoms with van der Waals surface area (Å²) in [6, 6.07) is 8.05. The van der Waals surface area contributed by atoms with Gasteiger partial charge < -0.3 is 90.0 Å². The molecule has 7 aliphatic rings. The molecule has 9 N–H and O–H groups in total. The number of cyclic esters (lactones) is 1. The number of amides is 4. The Bertz CT molecular complexity index is 5280. The minimum atomic E-state index is -2.48. The van der Waals surface area contributed by atoms with Gasteiger partial charge in [-0.15, -0.1) is 0 Å². The summed E-state index contributed by atoms with van der Waals surface area (Å²) in [4.78, 5) is 158. The van der Waals surface area contributed by atoms with Crippen LogP contribution >= 0.6 is 0 Å². The molecule has 36 heteroatoms. The van der Waals surface area contributed by atoms with Gasteiger partial charge in [-0.05, 0) is 136 Å². The zero-order valence-corrected chi connectivity index (χ0v) is 75.2. The van der Waals surface area contributed by atoms with E-state index in [0.29, 0.717) is 182 Å². The Hall–Kier alpha value is -11.2. The first kappa shape index (κ1) is 94.9. The molecule has 4 amide bonds. The van der Waals surface area contributed by atoms with E-state index < -0.39 is 114 Å². The average molecular weight is 1790 g/mol. The van der Waals surface area contributed by atoms with Crippen molar-refractivity contribution in [1.29, 1.82) is 0 Å². The third-order valence-electron chi connectivity index (χ3n) is 26.5. The number of nitrogens with zero attached hydrogens (tertiary/aromatic N) is 15.